The van der Waals surface area contributed by atoms with Crippen LogP contribution in [-0.4, -0.2) is 66.3 Å². The van der Waals surface area contributed by atoms with Crippen LogP contribution in [0.4, 0.5) is 11.4 Å². The first-order valence-electron chi connectivity index (χ1n) is 11.1. The normalized spacial score (nSPS) is 17.3. The Morgan fingerprint density at radius 2 is 1.71 bits per heavy atom. The molecule has 2 aliphatic heterocycles. The average Bonchev–Trinajstić information content (AvgIpc) is 2.85. The number of nitro groups is 1. The van der Waals surface area contributed by atoms with Gasteiger partial charge in [0.25, 0.3) is 11.6 Å². The number of nitrogens with zero attached hydrogens (tertiary/aromatic N) is 5. The summed E-state index contributed by atoms with van der Waals surface area (Å²) in [7, 11) is -4.10. The molecule has 0 saturated carbocycles. The highest BCUT2D eigenvalue weighted by atomic mass is 32.2. The molecule has 2 heterocycles. The summed E-state index contributed by atoms with van der Waals surface area (Å²) in [6, 6.07) is 10.9. The molecule has 1 fully saturated rings. The first-order valence-corrected chi connectivity index (χ1v) is 12.5. The van der Waals surface area contributed by atoms with Gasteiger partial charge in [0.05, 0.1) is 10.6 Å². The largest absolute Gasteiger partial charge is 0.335 e. The van der Waals surface area contributed by atoms with E-state index in [4.69, 9.17) is 0 Å². The first kappa shape index (κ1) is 24.5. The van der Waals surface area contributed by atoms with Crippen molar-refractivity contribution in [1.29, 1.82) is 0 Å². The summed E-state index contributed by atoms with van der Waals surface area (Å²) in [6.07, 6.45) is 0.345. The van der Waals surface area contributed by atoms with Gasteiger partial charge in [0.1, 0.15) is 5.71 Å². The van der Waals surface area contributed by atoms with E-state index >= 15 is 0 Å². The monoisotopic (exact) mass is 499 g/mol. The van der Waals surface area contributed by atoms with E-state index in [0.717, 1.165) is 21.5 Å². The molecular weight excluding hydrogens is 474 g/mol. The lowest BCUT2D eigenvalue weighted by Crippen LogP contribution is -2.52. The van der Waals surface area contributed by atoms with Crippen molar-refractivity contribution in [3.63, 3.8) is 0 Å². The maximum Gasteiger partial charge on any atom is 0.289 e. The Morgan fingerprint density at radius 1 is 1.03 bits per heavy atom. The number of aryl methyl sites for hydroxylation is 2. The standard InChI is InChI=1S/C23H25N5O6S/c1-16-7-8-17(2)20(15-16)27-22(29)10-9-18(24-27)23(30)25-11-13-26(14-12-25)35(33,34)21-6-4-3-5-19(21)28(31)32/h3-8,15H,9-14H2,1-2H3. The number of sulfonamides is 1. The number of rotatable bonds is 5. The molecule has 2 aliphatic rings. The summed E-state index contributed by atoms with van der Waals surface area (Å²) in [5.41, 5.74) is 2.19. The third kappa shape index (κ3) is 4.80. The summed E-state index contributed by atoms with van der Waals surface area (Å²) in [4.78, 5) is 37.4. The van der Waals surface area contributed by atoms with Crippen LogP contribution in [0.5, 0.6) is 0 Å². The fourth-order valence-corrected chi connectivity index (χ4v) is 5.70. The minimum absolute atomic E-state index is 0.00691. The van der Waals surface area contributed by atoms with E-state index in [9.17, 15) is 28.1 Å². The summed E-state index contributed by atoms with van der Waals surface area (Å²) in [5.74, 6) is -0.550. The fourth-order valence-electron chi connectivity index (χ4n) is 4.12. The number of carbonyl (C=O) groups excluding carboxylic acids is 2. The minimum Gasteiger partial charge on any atom is -0.335 e. The van der Waals surface area contributed by atoms with Crippen LogP contribution in [-0.2, 0) is 19.6 Å². The van der Waals surface area contributed by atoms with E-state index in [2.05, 4.69) is 5.10 Å². The molecule has 0 atom stereocenters. The highest BCUT2D eigenvalue weighted by Gasteiger charge is 2.36. The Morgan fingerprint density at radius 3 is 2.40 bits per heavy atom. The summed E-state index contributed by atoms with van der Waals surface area (Å²) < 4.78 is 27.2. The second kappa shape index (κ2) is 9.55. The Kier molecular flexibility index (Phi) is 6.68. The number of hydrogen-bond acceptors (Lipinski definition) is 7. The third-order valence-electron chi connectivity index (χ3n) is 6.08. The van der Waals surface area contributed by atoms with Crippen LogP contribution in [0.1, 0.15) is 24.0 Å². The third-order valence-corrected chi connectivity index (χ3v) is 8.02. The van der Waals surface area contributed by atoms with Gasteiger partial charge in [0, 0.05) is 45.1 Å². The van der Waals surface area contributed by atoms with Gasteiger partial charge >= 0.3 is 0 Å². The lowest BCUT2D eigenvalue weighted by Gasteiger charge is -2.35. The van der Waals surface area contributed by atoms with E-state index < -0.39 is 20.6 Å². The highest BCUT2D eigenvalue weighted by Crippen LogP contribution is 2.28. The maximum absolute atomic E-state index is 13.2. The Bertz CT molecular complexity index is 1330. The molecule has 1 saturated heterocycles. The van der Waals surface area contributed by atoms with Crippen LogP contribution in [0.2, 0.25) is 0 Å². The smallest absolute Gasteiger partial charge is 0.289 e. The molecule has 0 N–H and O–H groups in total. The first-order chi connectivity index (χ1) is 16.6. The van der Waals surface area contributed by atoms with Gasteiger partial charge in [-0.3, -0.25) is 19.7 Å². The van der Waals surface area contributed by atoms with Crippen LogP contribution in [0.15, 0.2) is 52.5 Å². The zero-order chi connectivity index (χ0) is 25.3. The molecule has 12 heteroatoms. The van der Waals surface area contributed by atoms with E-state index in [1.54, 1.807) is 0 Å². The number of nitro benzene ring substituents is 1. The summed E-state index contributed by atoms with van der Waals surface area (Å²) in [5, 5.41) is 16.9. The quantitative estimate of drug-likeness (QED) is 0.458. The van der Waals surface area contributed by atoms with Crippen LogP contribution in [0.3, 0.4) is 0 Å². The predicted molar refractivity (Wildman–Crippen MR) is 129 cm³/mol. The van der Waals surface area contributed by atoms with Crippen LogP contribution in [0, 0.1) is 24.0 Å². The van der Waals surface area contributed by atoms with Crippen molar-refractivity contribution >= 4 is 38.9 Å². The number of hydrogen-bond donors (Lipinski definition) is 0. The molecule has 4 rings (SSSR count). The maximum atomic E-state index is 13.2. The van der Waals surface area contributed by atoms with Crippen molar-refractivity contribution in [3.05, 3.63) is 63.7 Å². The lowest BCUT2D eigenvalue weighted by atomic mass is 10.1. The number of piperazine rings is 1. The average molecular weight is 500 g/mol. The number of carbonyl (C=O) groups is 2. The predicted octanol–water partition coefficient (Wildman–Crippen LogP) is 2.23. The van der Waals surface area contributed by atoms with Crippen LogP contribution in [0.25, 0.3) is 0 Å². The Balaban J connectivity index is 1.50. The second-order valence-corrected chi connectivity index (χ2v) is 10.4. The van der Waals surface area contributed by atoms with E-state index in [1.165, 1.54) is 28.1 Å². The molecule has 2 aromatic carbocycles. The number of benzene rings is 2. The zero-order valence-electron chi connectivity index (χ0n) is 19.4. The van der Waals surface area contributed by atoms with Gasteiger partial charge in [-0.1, -0.05) is 24.3 Å². The number of para-hydroxylation sites is 1. The highest BCUT2D eigenvalue weighted by molar-refractivity contribution is 7.89. The van der Waals surface area contributed by atoms with Crippen LogP contribution < -0.4 is 5.01 Å². The molecule has 2 amide bonds. The van der Waals surface area contributed by atoms with Crippen molar-refractivity contribution in [2.75, 3.05) is 31.2 Å². The SMILES string of the molecule is Cc1ccc(C)c(N2N=C(C(=O)N3CCN(S(=O)(=O)c4ccccc4[N+](=O)[O-])CC3)CCC2=O)c1. The van der Waals surface area contributed by atoms with Gasteiger partial charge in [-0.2, -0.15) is 9.41 Å². The number of anilines is 1. The van der Waals surface area contributed by atoms with Crippen molar-refractivity contribution in [3.8, 4) is 0 Å². The molecule has 35 heavy (non-hydrogen) atoms. The lowest BCUT2D eigenvalue weighted by molar-refractivity contribution is -0.387. The molecule has 0 bridgehead atoms. The molecular formula is C23H25N5O6S. The molecule has 0 aliphatic carbocycles. The molecule has 0 unspecified atom stereocenters. The molecule has 11 nitrogen and oxygen atoms in total. The number of amides is 2. The second-order valence-electron chi connectivity index (χ2n) is 8.46. The summed E-state index contributed by atoms with van der Waals surface area (Å²) in [6.45, 7) is 3.97. The van der Waals surface area contributed by atoms with E-state index in [1.807, 2.05) is 32.0 Å². The number of hydrazone groups is 1. The van der Waals surface area contributed by atoms with Gasteiger partial charge in [0.15, 0.2) is 4.90 Å². The van der Waals surface area contributed by atoms with Crippen molar-refractivity contribution in [2.24, 2.45) is 5.10 Å². The molecule has 0 aromatic heterocycles. The van der Waals surface area contributed by atoms with Gasteiger partial charge < -0.3 is 4.90 Å². The van der Waals surface area contributed by atoms with Gasteiger partial charge in [-0.05, 0) is 37.1 Å². The van der Waals surface area contributed by atoms with Gasteiger partial charge in [-0.25, -0.2) is 13.4 Å². The van der Waals surface area contributed by atoms with E-state index in [0.29, 0.717) is 5.69 Å². The van der Waals surface area contributed by atoms with Crippen molar-refractivity contribution < 1.29 is 22.9 Å². The van der Waals surface area contributed by atoms with Crippen molar-refractivity contribution in [2.45, 2.75) is 31.6 Å². The Hall–Kier alpha value is -3.64. The molecule has 2 aromatic rings. The summed E-state index contributed by atoms with van der Waals surface area (Å²) >= 11 is 0. The molecule has 184 valence electrons. The Labute approximate surface area is 202 Å². The van der Waals surface area contributed by atoms with Crippen LogP contribution >= 0.6 is 0 Å². The zero-order valence-corrected chi connectivity index (χ0v) is 20.2. The topological polar surface area (TPSA) is 134 Å². The van der Waals surface area contributed by atoms with Crippen molar-refractivity contribution in [1.82, 2.24) is 9.21 Å². The minimum atomic E-state index is -4.10. The molecule has 0 spiro atoms. The fraction of sp³-hybridized carbons (Fsp3) is 0.348. The van der Waals surface area contributed by atoms with E-state index in [-0.39, 0.29) is 61.4 Å². The van der Waals surface area contributed by atoms with Gasteiger partial charge in [-0.15, -0.1) is 0 Å². The van der Waals surface area contributed by atoms with Gasteiger partial charge in [0.2, 0.25) is 15.9 Å². The molecule has 0 radical (unpaired) electrons.